The van der Waals surface area contributed by atoms with Crippen molar-refractivity contribution in [2.45, 2.75) is 39.0 Å². The first-order valence-corrected chi connectivity index (χ1v) is 10.3. The number of hydrogen-bond acceptors (Lipinski definition) is 4. The minimum Gasteiger partial charge on any atom is -0.431 e. The van der Waals surface area contributed by atoms with Crippen LogP contribution in [0.15, 0.2) is 48.5 Å². The Morgan fingerprint density at radius 2 is 1.88 bits per heavy atom. The van der Waals surface area contributed by atoms with E-state index in [0.29, 0.717) is 10.6 Å². The highest BCUT2D eigenvalue weighted by Crippen LogP contribution is 2.50. The van der Waals surface area contributed by atoms with Gasteiger partial charge in [-0.1, -0.05) is 42.5 Å². The van der Waals surface area contributed by atoms with E-state index >= 15 is 0 Å². The number of nitrogens with zero attached hydrogens (tertiary/aromatic N) is 1. The van der Waals surface area contributed by atoms with E-state index in [2.05, 4.69) is 42.2 Å². The predicted octanol–water partition coefficient (Wildman–Crippen LogP) is 5.79. The second-order valence-corrected chi connectivity index (χ2v) is 8.65. The van der Waals surface area contributed by atoms with Crippen LogP contribution < -0.4 is 10.5 Å². The van der Waals surface area contributed by atoms with Crippen molar-refractivity contribution in [3.05, 3.63) is 54.1 Å². The Morgan fingerprint density at radius 3 is 2.58 bits per heavy atom. The number of thiazole rings is 1. The molecule has 3 nitrogen and oxygen atoms in total. The third kappa shape index (κ3) is 3.92. The fraction of sp³-hybridized carbons (Fsp3) is 0.409. The lowest BCUT2D eigenvalue weighted by Crippen LogP contribution is -2.24. The second-order valence-electron chi connectivity index (χ2n) is 7.66. The van der Waals surface area contributed by atoms with Crippen LogP contribution in [0.4, 0.5) is 0 Å². The van der Waals surface area contributed by atoms with E-state index in [1.165, 1.54) is 24.8 Å². The van der Waals surface area contributed by atoms with Crippen LogP contribution in [0.2, 0.25) is 0 Å². The molecule has 1 aliphatic carbocycles. The zero-order valence-electron chi connectivity index (χ0n) is 15.3. The van der Waals surface area contributed by atoms with E-state index in [1.807, 2.05) is 18.2 Å². The van der Waals surface area contributed by atoms with Crippen molar-refractivity contribution in [3.63, 3.8) is 0 Å². The predicted molar refractivity (Wildman–Crippen MR) is 109 cm³/mol. The van der Waals surface area contributed by atoms with Gasteiger partial charge >= 0.3 is 0 Å². The summed E-state index contributed by atoms with van der Waals surface area (Å²) in [6.07, 6.45) is 6.22. The first-order valence-electron chi connectivity index (χ1n) is 9.49. The molecule has 2 aromatic carbocycles. The van der Waals surface area contributed by atoms with Gasteiger partial charge in [0.25, 0.3) is 5.19 Å². The molecule has 0 bridgehead atoms. The molecule has 0 aliphatic heterocycles. The Balaban J connectivity index is 1.38. The lowest BCUT2D eigenvalue weighted by molar-refractivity contribution is 0.232. The third-order valence-corrected chi connectivity index (χ3v) is 6.58. The monoisotopic (exact) mass is 366 g/mol. The Bertz CT molecular complexity index is 836. The molecule has 1 atom stereocenters. The van der Waals surface area contributed by atoms with E-state index in [0.717, 1.165) is 41.3 Å². The van der Waals surface area contributed by atoms with E-state index < -0.39 is 0 Å². The fourth-order valence-electron chi connectivity index (χ4n) is 3.79. The molecule has 0 amide bonds. The van der Waals surface area contributed by atoms with Crippen molar-refractivity contribution >= 4 is 21.6 Å². The van der Waals surface area contributed by atoms with Crippen molar-refractivity contribution < 1.29 is 4.74 Å². The van der Waals surface area contributed by atoms with Crippen LogP contribution in [0.5, 0.6) is 10.9 Å². The van der Waals surface area contributed by atoms with Crippen molar-refractivity contribution in [1.82, 2.24) is 4.98 Å². The highest BCUT2D eigenvalue weighted by atomic mass is 32.1. The maximum Gasteiger partial charge on any atom is 0.279 e. The Morgan fingerprint density at radius 1 is 1.12 bits per heavy atom. The molecule has 1 aromatic heterocycles. The maximum atomic E-state index is 5.94. The van der Waals surface area contributed by atoms with E-state index in [9.17, 15) is 0 Å². The second kappa shape index (κ2) is 7.37. The molecular weight excluding hydrogens is 340 g/mol. The number of fused-ring (bicyclic) bond motifs is 1. The number of para-hydroxylation sites is 1. The summed E-state index contributed by atoms with van der Waals surface area (Å²) in [6.45, 7) is 3.21. The molecular formula is C22H26N2OS. The molecule has 0 saturated heterocycles. The SMILES string of the molecule is CC(CCN)(CCc1ccc(Oc2nc3ccccc3s2)cc1)C1CC1. The molecule has 4 rings (SSSR count). The molecule has 1 heterocycles. The number of aryl methyl sites for hydroxylation is 1. The van der Waals surface area contributed by atoms with Crippen molar-refractivity contribution in [1.29, 1.82) is 0 Å². The fourth-order valence-corrected chi connectivity index (χ4v) is 4.63. The molecule has 1 unspecified atom stereocenters. The lowest BCUT2D eigenvalue weighted by atomic mass is 9.76. The molecule has 4 heteroatoms. The highest BCUT2D eigenvalue weighted by molar-refractivity contribution is 7.20. The Hall–Kier alpha value is -1.91. The molecule has 3 aromatic rings. The van der Waals surface area contributed by atoms with Crippen LogP contribution in [-0.2, 0) is 6.42 Å². The normalized spacial score (nSPS) is 16.5. The van der Waals surface area contributed by atoms with Crippen molar-refractivity contribution in [3.8, 4) is 10.9 Å². The number of benzene rings is 2. The zero-order valence-corrected chi connectivity index (χ0v) is 16.1. The van der Waals surface area contributed by atoms with Gasteiger partial charge in [-0.3, -0.25) is 0 Å². The molecule has 2 N–H and O–H groups in total. The number of hydrogen-bond donors (Lipinski definition) is 1. The van der Waals surface area contributed by atoms with Gasteiger partial charge in [0.2, 0.25) is 0 Å². The van der Waals surface area contributed by atoms with Crippen LogP contribution in [0.25, 0.3) is 10.2 Å². The van der Waals surface area contributed by atoms with Gasteiger partial charge in [-0.05, 0) is 79.8 Å². The van der Waals surface area contributed by atoms with Gasteiger partial charge in [-0.2, -0.15) is 0 Å². The molecule has 0 spiro atoms. The Kier molecular flexibility index (Phi) is 4.96. The maximum absolute atomic E-state index is 5.94. The van der Waals surface area contributed by atoms with E-state index in [1.54, 1.807) is 11.3 Å². The van der Waals surface area contributed by atoms with Gasteiger partial charge in [-0.25, -0.2) is 4.98 Å². The number of rotatable bonds is 8. The van der Waals surface area contributed by atoms with Gasteiger partial charge in [-0.15, -0.1) is 0 Å². The summed E-state index contributed by atoms with van der Waals surface area (Å²) in [5.74, 6) is 1.73. The Labute approximate surface area is 159 Å². The summed E-state index contributed by atoms with van der Waals surface area (Å²) < 4.78 is 7.09. The summed E-state index contributed by atoms with van der Waals surface area (Å²) in [5.41, 5.74) is 8.61. The van der Waals surface area contributed by atoms with Crippen LogP contribution in [0.3, 0.4) is 0 Å². The minimum atomic E-state index is 0.408. The summed E-state index contributed by atoms with van der Waals surface area (Å²) in [7, 11) is 0. The quantitative estimate of drug-likeness (QED) is 0.549. The van der Waals surface area contributed by atoms with Crippen LogP contribution in [0, 0.1) is 11.3 Å². The van der Waals surface area contributed by atoms with Crippen LogP contribution in [-0.4, -0.2) is 11.5 Å². The average molecular weight is 367 g/mol. The van der Waals surface area contributed by atoms with Crippen molar-refractivity contribution in [2.75, 3.05) is 6.54 Å². The topological polar surface area (TPSA) is 48.1 Å². The molecule has 1 aliphatic rings. The van der Waals surface area contributed by atoms with Gasteiger partial charge in [0.1, 0.15) is 5.75 Å². The van der Waals surface area contributed by atoms with Gasteiger partial charge in [0.05, 0.1) is 10.2 Å². The zero-order chi connectivity index (χ0) is 18.0. The van der Waals surface area contributed by atoms with Crippen molar-refractivity contribution in [2.24, 2.45) is 17.1 Å². The summed E-state index contributed by atoms with van der Waals surface area (Å²) in [6, 6.07) is 16.6. The molecule has 0 radical (unpaired) electrons. The molecule has 1 fully saturated rings. The first kappa shape index (κ1) is 17.5. The van der Waals surface area contributed by atoms with E-state index in [4.69, 9.17) is 10.5 Å². The third-order valence-electron chi connectivity index (χ3n) is 5.67. The van der Waals surface area contributed by atoms with Gasteiger partial charge < -0.3 is 10.5 Å². The number of aromatic nitrogens is 1. The summed E-state index contributed by atoms with van der Waals surface area (Å²) in [4.78, 5) is 4.53. The largest absolute Gasteiger partial charge is 0.431 e. The van der Waals surface area contributed by atoms with Crippen LogP contribution in [0.1, 0.15) is 38.2 Å². The lowest BCUT2D eigenvalue weighted by Gasteiger charge is -2.29. The first-order chi connectivity index (χ1) is 12.7. The molecule has 1 saturated carbocycles. The smallest absolute Gasteiger partial charge is 0.279 e. The number of nitrogens with two attached hydrogens (primary N) is 1. The number of ether oxygens (including phenoxy) is 1. The highest BCUT2D eigenvalue weighted by Gasteiger charge is 2.40. The van der Waals surface area contributed by atoms with Gasteiger partial charge in [0, 0.05) is 0 Å². The summed E-state index contributed by atoms with van der Waals surface area (Å²) in [5, 5.41) is 0.697. The summed E-state index contributed by atoms with van der Waals surface area (Å²) >= 11 is 1.58. The molecule has 26 heavy (non-hydrogen) atoms. The average Bonchev–Trinajstić information content (AvgIpc) is 3.43. The van der Waals surface area contributed by atoms with E-state index in [-0.39, 0.29) is 0 Å². The standard InChI is InChI=1S/C22H26N2OS/c1-22(14-15-23,17-8-9-17)13-12-16-6-10-18(11-7-16)25-21-24-19-4-2-3-5-20(19)26-21/h2-7,10-11,17H,8-9,12-15,23H2,1H3. The molecule has 136 valence electrons. The minimum absolute atomic E-state index is 0.408. The van der Waals surface area contributed by atoms with Gasteiger partial charge in [0.15, 0.2) is 0 Å². The van der Waals surface area contributed by atoms with Crippen LogP contribution >= 0.6 is 11.3 Å².